The number of ether oxygens (including phenoxy) is 1. The fourth-order valence-corrected chi connectivity index (χ4v) is 2.56. The standard InChI is InChI=1S/C11H21NO/c1-9(2)12-10-4-7-13-11(8-10)5-3-6-11/h9-10,12H,3-8H2,1-2H3. The summed E-state index contributed by atoms with van der Waals surface area (Å²) < 4.78 is 5.87. The highest BCUT2D eigenvalue weighted by molar-refractivity contribution is 4.96. The lowest BCUT2D eigenvalue weighted by Crippen LogP contribution is -2.52. The minimum atomic E-state index is 0.296. The number of nitrogens with one attached hydrogen (secondary N) is 1. The molecule has 1 saturated carbocycles. The Morgan fingerprint density at radius 1 is 1.38 bits per heavy atom. The van der Waals surface area contributed by atoms with Gasteiger partial charge >= 0.3 is 0 Å². The lowest BCUT2D eigenvalue weighted by Gasteiger charge is -2.47. The van der Waals surface area contributed by atoms with Crippen LogP contribution < -0.4 is 5.32 Å². The van der Waals surface area contributed by atoms with Gasteiger partial charge in [0.25, 0.3) is 0 Å². The first-order valence-corrected chi connectivity index (χ1v) is 5.60. The normalized spacial score (nSPS) is 32.1. The van der Waals surface area contributed by atoms with E-state index in [4.69, 9.17) is 4.74 Å². The van der Waals surface area contributed by atoms with Gasteiger partial charge in [-0.3, -0.25) is 0 Å². The Kier molecular flexibility index (Phi) is 2.61. The van der Waals surface area contributed by atoms with Gasteiger partial charge in [0.05, 0.1) is 5.60 Å². The third-order valence-corrected chi connectivity index (χ3v) is 3.33. The molecular weight excluding hydrogens is 162 g/mol. The third-order valence-electron chi connectivity index (χ3n) is 3.33. The van der Waals surface area contributed by atoms with Crippen molar-refractivity contribution in [3.63, 3.8) is 0 Å². The van der Waals surface area contributed by atoms with E-state index in [1.165, 1.54) is 32.1 Å². The van der Waals surface area contributed by atoms with Crippen LogP contribution in [0.1, 0.15) is 46.0 Å². The van der Waals surface area contributed by atoms with E-state index in [9.17, 15) is 0 Å². The summed E-state index contributed by atoms with van der Waals surface area (Å²) in [6.07, 6.45) is 6.39. The molecule has 76 valence electrons. The topological polar surface area (TPSA) is 21.3 Å². The molecule has 13 heavy (non-hydrogen) atoms. The van der Waals surface area contributed by atoms with Crippen molar-refractivity contribution in [3.05, 3.63) is 0 Å². The first kappa shape index (κ1) is 9.47. The highest BCUT2D eigenvalue weighted by Gasteiger charge is 2.42. The summed E-state index contributed by atoms with van der Waals surface area (Å²) >= 11 is 0. The summed E-state index contributed by atoms with van der Waals surface area (Å²) in [6.45, 7) is 5.41. The molecule has 1 atom stereocenters. The van der Waals surface area contributed by atoms with Crippen LogP contribution in [-0.4, -0.2) is 24.3 Å². The van der Waals surface area contributed by atoms with E-state index in [2.05, 4.69) is 19.2 Å². The van der Waals surface area contributed by atoms with Crippen LogP contribution in [0.15, 0.2) is 0 Å². The van der Waals surface area contributed by atoms with Crippen LogP contribution in [0.3, 0.4) is 0 Å². The quantitative estimate of drug-likeness (QED) is 0.707. The Morgan fingerprint density at radius 3 is 2.69 bits per heavy atom. The smallest absolute Gasteiger partial charge is 0.0697 e. The summed E-state index contributed by atoms with van der Waals surface area (Å²) in [4.78, 5) is 0. The summed E-state index contributed by atoms with van der Waals surface area (Å²) in [6, 6.07) is 1.31. The molecule has 0 amide bonds. The van der Waals surface area contributed by atoms with Crippen molar-refractivity contribution in [1.82, 2.24) is 5.32 Å². The lowest BCUT2D eigenvalue weighted by molar-refractivity contribution is -0.136. The molecule has 1 aliphatic carbocycles. The van der Waals surface area contributed by atoms with Crippen molar-refractivity contribution in [2.75, 3.05) is 6.61 Å². The van der Waals surface area contributed by atoms with E-state index < -0.39 is 0 Å². The van der Waals surface area contributed by atoms with Crippen LogP contribution in [0.4, 0.5) is 0 Å². The second-order valence-electron chi connectivity index (χ2n) is 4.90. The Morgan fingerprint density at radius 2 is 2.15 bits per heavy atom. The first-order chi connectivity index (χ1) is 6.20. The largest absolute Gasteiger partial charge is 0.375 e. The molecule has 0 aromatic carbocycles. The highest BCUT2D eigenvalue weighted by atomic mass is 16.5. The minimum absolute atomic E-state index is 0.296. The van der Waals surface area contributed by atoms with E-state index in [0.717, 1.165) is 6.61 Å². The van der Waals surface area contributed by atoms with Crippen LogP contribution in [-0.2, 0) is 4.74 Å². The van der Waals surface area contributed by atoms with E-state index in [1.54, 1.807) is 0 Å². The molecular formula is C11H21NO. The van der Waals surface area contributed by atoms with Crippen molar-refractivity contribution in [1.29, 1.82) is 0 Å². The molecule has 0 radical (unpaired) electrons. The molecule has 0 aromatic heterocycles. The summed E-state index contributed by atoms with van der Waals surface area (Å²) in [7, 11) is 0. The lowest BCUT2D eigenvalue weighted by atomic mass is 9.74. The molecule has 1 aliphatic heterocycles. The number of hydrogen-bond acceptors (Lipinski definition) is 2. The highest BCUT2D eigenvalue weighted by Crippen LogP contribution is 2.42. The predicted octanol–water partition coefficient (Wildman–Crippen LogP) is 2.09. The second-order valence-corrected chi connectivity index (χ2v) is 4.90. The average Bonchev–Trinajstić information content (AvgIpc) is 2.01. The molecule has 1 unspecified atom stereocenters. The molecule has 2 fully saturated rings. The predicted molar refractivity (Wildman–Crippen MR) is 53.8 cm³/mol. The maximum absolute atomic E-state index is 5.87. The maximum Gasteiger partial charge on any atom is 0.0697 e. The summed E-state index contributed by atoms with van der Waals surface area (Å²) in [5.74, 6) is 0. The zero-order valence-electron chi connectivity index (χ0n) is 8.81. The Hall–Kier alpha value is -0.0800. The van der Waals surface area contributed by atoms with E-state index in [0.29, 0.717) is 17.7 Å². The Bertz CT molecular complexity index is 175. The van der Waals surface area contributed by atoms with Crippen LogP contribution in [0.5, 0.6) is 0 Å². The number of hydrogen-bond donors (Lipinski definition) is 1. The van der Waals surface area contributed by atoms with Crippen molar-refractivity contribution in [2.24, 2.45) is 0 Å². The molecule has 2 nitrogen and oxygen atoms in total. The van der Waals surface area contributed by atoms with Gasteiger partial charge in [-0.15, -0.1) is 0 Å². The van der Waals surface area contributed by atoms with Gasteiger partial charge in [0.15, 0.2) is 0 Å². The fourth-order valence-electron chi connectivity index (χ4n) is 2.56. The van der Waals surface area contributed by atoms with E-state index in [-0.39, 0.29) is 0 Å². The zero-order valence-corrected chi connectivity index (χ0v) is 8.81. The molecule has 2 heteroatoms. The molecule has 1 heterocycles. The van der Waals surface area contributed by atoms with Crippen LogP contribution in [0, 0.1) is 0 Å². The first-order valence-electron chi connectivity index (χ1n) is 5.60. The average molecular weight is 183 g/mol. The van der Waals surface area contributed by atoms with Crippen molar-refractivity contribution >= 4 is 0 Å². The molecule has 0 aromatic rings. The second kappa shape index (κ2) is 3.58. The maximum atomic E-state index is 5.87. The third kappa shape index (κ3) is 2.05. The minimum Gasteiger partial charge on any atom is -0.375 e. The number of rotatable bonds is 2. The Labute approximate surface area is 81.0 Å². The zero-order chi connectivity index (χ0) is 9.31. The molecule has 2 aliphatic rings. The van der Waals surface area contributed by atoms with Crippen LogP contribution in [0.2, 0.25) is 0 Å². The fraction of sp³-hybridized carbons (Fsp3) is 1.00. The van der Waals surface area contributed by atoms with Gasteiger partial charge in [0.1, 0.15) is 0 Å². The van der Waals surface area contributed by atoms with E-state index >= 15 is 0 Å². The Balaban J connectivity index is 1.85. The van der Waals surface area contributed by atoms with Gasteiger partial charge in [0, 0.05) is 18.7 Å². The monoisotopic (exact) mass is 183 g/mol. The van der Waals surface area contributed by atoms with E-state index in [1.807, 2.05) is 0 Å². The van der Waals surface area contributed by atoms with Gasteiger partial charge in [-0.2, -0.15) is 0 Å². The van der Waals surface area contributed by atoms with Crippen molar-refractivity contribution in [2.45, 2.75) is 63.6 Å². The molecule has 2 rings (SSSR count). The van der Waals surface area contributed by atoms with Crippen molar-refractivity contribution < 1.29 is 4.74 Å². The van der Waals surface area contributed by atoms with Gasteiger partial charge in [-0.05, 0) is 32.1 Å². The van der Waals surface area contributed by atoms with Gasteiger partial charge in [0.2, 0.25) is 0 Å². The van der Waals surface area contributed by atoms with Crippen LogP contribution >= 0.6 is 0 Å². The van der Waals surface area contributed by atoms with Gasteiger partial charge in [-0.25, -0.2) is 0 Å². The molecule has 1 N–H and O–H groups in total. The van der Waals surface area contributed by atoms with Crippen molar-refractivity contribution in [3.8, 4) is 0 Å². The molecule has 0 bridgehead atoms. The van der Waals surface area contributed by atoms with Crippen LogP contribution in [0.25, 0.3) is 0 Å². The van der Waals surface area contributed by atoms with Gasteiger partial charge in [-0.1, -0.05) is 13.8 Å². The SMILES string of the molecule is CC(C)NC1CCOC2(CCC2)C1. The summed E-state index contributed by atoms with van der Waals surface area (Å²) in [5, 5.41) is 3.63. The summed E-state index contributed by atoms with van der Waals surface area (Å²) in [5.41, 5.74) is 0.296. The molecule has 1 saturated heterocycles. The van der Waals surface area contributed by atoms with Gasteiger partial charge < -0.3 is 10.1 Å². The molecule has 1 spiro atoms.